The number of thiophene rings is 1. The monoisotopic (exact) mass is 334 g/mol. The Morgan fingerprint density at radius 2 is 1.91 bits per heavy atom. The van der Waals surface area contributed by atoms with Crippen molar-refractivity contribution >= 4 is 28.8 Å². The lowest BCUT2D eigenvalue weighted by molar-refractivity contribution is -0.136. The quantitative estimate of drug-likeness (QED) is 0.839. The van der Waals surface area contributed by atoms with Crippen LogP contribution in [0.15, 0.2) is 35.7 Å². The molecular weight excluding hydrogens is 315 g/mol. The van der Waals surface area contributed by atoms with Gasteiger partial charge in [-0.15, -0.1) is 11.3 Å². The third-order valence-electron chi connectivity index (χ3n) is 3.46. The van der Waals surface area contributed by atoms with E-state index in [0.717, 1.165) is 4.88 Å². The maximum Gasteiger partial charge on any atom is 0.313 e. The molecular formula is C17H19FN2O2S. The van der Waals surface area contributed by atoms with Gasteiger partial charge in [-0.25, -0.2) is 4.39 Å². The first-order valence-corrected chi connectivity index (χ1v) is 8.18. The summed E-state index contributed by atoms with van der Waals surface area (Å²) in [5, 5.41) is 7.12. The number of amides is 2. The standard InChI is InChI=1S/C17H19FN2O2S/c1-10(2)15(14-5-4-8-23-14)20-17(22)16(21)19-13-9-12(18)7-6-11(13)3/h4-10,15H,1-3H3,(H,19,21)(H,20,22)/t15-/m1/s1. The van der Waals surface area contributed by atoms with Crippen LogP contribution in [0.2, 0.25) is 0 Å². The van der Waals surface area contributed by atoms with Crippen LogP contribution in [0, 0.1) is 18.7 Å². The Balaban J connectivity index is 2.07. The minimum Gasteiger partial charge on any atom is -0.340 e. The lowest BCUT2D eigenvalue weighted by atomic mass is 10.0. The zero-order chi connectivity index (χ0) is 17.0. The predicted molar refractivity (Wildman–Crippen MR) is 89.8 cm³/mol. The number of nitrogens with one attached hydrogen (secondary N) is 2. The summed E-state index contributed by atoms with van der Waals surface area (Å²) in [6.45, 7) is 5.67. The molecule has 0 fully saturated rings. The Labute approximate surface area is 138 Å². The molecule has 23 heavy (non-hydrogen) atoms. The molecule has 0 aliphatic carbocycles. The SMILES string of the molecule is Cc1ccc(F)cc1NC(=O)C(=O)N[C@@H](c1cccs1)C(C)C. The van der Waals surface area contributed by atoms with Crippen LogP contribution in [-0.2, 0) is 9.59 Å². The van der Waals surface area contributed by atoms with Gasteiger partial charge in [0.2, 0.25) is 0 Å². The number of rotatable bonds is 4. The van der Waals surface area contributed by atoms with Crippen molar-refractivity contribution in [2.24, 2.45) is 5.92 Å². The summed E-state index contributed by atoms with van der Waals surface area (Å²) in [5.74, 6) is -1.87. The van der Waals surface area contributed by atoms with Crippen LogP contribution >= 0.6 is 11.3 Å². The van der Waals surface area contributed by atoms with Crippen LogP contribution in [0.5, 0.6) is 0 Å². The fourth-order valence-corrected chi connectivity index (χ4v) is 3.10. The summed E-state index contributed by atoms with van der Waals surface area (Å²) >= 11 is 1.53. The molecule has 122 valence electrons. The maximum atomic E-state index is 13.3. The van der Waals surface area contributed by atoms with Crippen molar-refractivity contribution in [2.45, 2.75) is 26.8 Å². The van der Waals surface area contributed by atoms with Crippen LogP contribution < -0.4 is 10.6 Å². The van der Waals surface area contributed by atoms with Gasteiger partial charge in [-0.3, -0.25) is 9.59 Å². The molecule has 2 aromatic rings. The maximum absolute atomic E-state index is 13.3. The number of carbonyl (C=O) groups excluding carboxylic acids is 2. The predicted octanol–water partition coefficient (Wildman–Crippen LogP) is 3.65. The Hall–Kier alpha value is -2.21. The highest BCUT2D eigenvalue weighted by molar-refractivity contribution is 7.10. The van der Waals surface area contributed by atoms with E-state index >= 15 is 0 Å². The van der Waals surface area contributed by atoms with E-state index in [1.54, 1.807) is 13.0 Å². The average Bonchev–Trinajstić information content (AvgIpc) is 3.01. The number of carbonyl (C=O) groups is 2. The number of hydrogen-bond acceptors (Lipinski definition) is 3. The van der Waals surface area contributed by atoms with E-state index < -0.39 is 17.6 Å². The third-order valence-corrected chi connectivity index (χ3v) is 4.41. The fourth-order valence-electron chi connectivity index (χ4n) is 2.15. The van der Waals surface area contributed by atoms with Crippen molar-refractivity contribution < 1.29 is 14.0 Å². The van der Waals surface area contributed by atoms with Crippen molar-refractivity contribution in [1.82, 2.24) is 5.32 Å². The minimum absolute atomic E-state index is 0.140. The van der Waals surface area contributed by atoms with E-state index in [1.807, 2.05) is 31.4 Å². The molecule has 1 heterocycles. The third kappa shape index (κ3) is 4.39. The first-order chi connectivity index (χ1) is 10.9. The highest BCUT2D eigenvalue weighted by atomic mass is 32.1. The zero-order valence-corrected chi connectivity index (χ0v) is 14.0. The van der Waals surface area contributed by atoms with E-state index in [4.69, 9.17) is 0 Å². The highest BCUT2D eigenvalue weighted by Gasteiger charge is 2.23. The van der Waals surface area contributed by atoms with Crippen molar-refractivity contribution in [3.8, 4) is 0 Å². The van der Waals surface area contributed by atoms with Gasteiger partial charge in [0.25, 0.3) is 0 Å². The van der Waals surface area contributed by atoms with Gasteiger partial charge in [0.05, 0.1) is 6.04 Å². The summed E-state index contributed by atoms with van der Waals surface area (Å²) in [7, 11) is 0. The topological polar surface area (TPSA) is 58.2 Å². The largest absolute Gasteiger partial charge is 0.340 e. The molecule has 2 rings (SSSR count). The molecule has 0 saturated carbocycles. The second kappa shape index (κ2) is 7.37. The molecule has 0 aliphatic rings. The molecule has 1 atom stereocenters. The number of anilines is 1. The van der Waals surface area contributed by atoms with Gasteiger partial charge >= 0.3 is 11.8 Å². The molecule has 0 saturated heterocycles. The minimum atomic E-state index is -0.805. The Morgan fingerprint density at radius 1 is 1.17 bits per heavy atom. The number of hydrogen-bond donors (Lipinski definition) is 2. The van der Waals surface area contributed by atoms with Crippen LogP contribution in [-0.4, -0.2) is 11.8 Å². The molecule has 0 aliphatic heterocycles. The van der Waals surface area contributed by atoms with Gasteiger partial charge in [-0.2, -0.15) is 0 Å². The Bertz CT molecular complexity index is 699. The number of halogens is 1. The highest BCUT2D eigenvalue weighted by Crippen LogP contribution is 2.25. The molecule has 2 N–H and O–H groups in total. The summed E-state index contributed by atoms with van der Waals surface area (Å²) < 4.78 is 13.3. The van der Waals surface area contributed by atoms with Gasteiger partial charge in [-0.1, -0.05) is 26.0 Å². The molecule has 6 heteroatoms. The van der Waals surface area contributed by atoms with Crippen LogP contribution in [0.3, 0.4) is 0 Å². The first kappa shape index (κ1) is 17.1. The van der Waals surface area contributed by atoms with E-state index in [9.17, 15) is 14.0 Å². The molecule has 0 spiro atoms. The second-order valence-corrected chi connectivity index (χ2v) is 6.60. The van der Waals surface area contributed by atoms with Crippen molar-refractivity contribution in [1.29, 1.82) is 0 Å². The lowest BCUT2D eigenvalue weighted by Gasteiger charge is -2.21. The second-order valence-electron chi connectivity index (χ2n) is 5.62. The molecule has 0 unspecified atom stereocenters. The van der Waals surface area contributed by atoms with Crippen LogP contribution in [0.4, 0.5) is 10.1 Å². The summed E-state index contributed by atoms with van der Waals surface area (Å²) in [4.78, 5) is 25.2. The first-order valence-electron chi connectivity index (χ1n) is 7.30. The van der Waals surface area contributed by atoms with Crippen LogP contribution in [0.1, 0.15) is 30.3 Å². The summed E-state index contributed by atoms with van der Waals surface area (Å²) in [5.41, 5.74) is 0.980. The van der Waals surface area contributed by atoms with Crippen molar-refractivity contribution in [3.63, 3.8) is 0 Å². The Morgan fingerprint density at radius 3 is 2.52 bits per heavy atom. The van der Waals surface area contributed by atoms with E-state index in [1.165, 1.54) is 23.5 Å². The zero-order valence-electron chi connectivity index (χ0n) is 13.2. The summed E-state index contributed by atoms with van der Waals surface area (Å²) in [6, 6.07) is 7.63. The van der Waals surface area contributed by atoms with Crippen molar-refractivity contribution in [2.75, 3.05) is 5.32 Å². The van der Waals surface area contributed by atoms with E-state index in [0.29, 0.717) is 11.3 Å². The molecule has 1 aromatic carbocycles. The Kier molecular flexibility index (Phi) is 5.50. The summed E-state index contributed by atoms with van der Waals surface area (Å²) in [6.07, 6.45) is 0. The van der Waals surface area contributed by atoms with Gasteiger partial charge in [-0.05, 0) is 42.0 Å². The molecule has 4 nitrogen and oxygen atoms in total. The number of benzene rings is 1. The van der Waals surface area contributed by atoms with Crippen LogP contribution in [0.25, 0.3) is 0 Å². The van der Waals surface area contributed by atoms with E-state index in [-0.39, 0.29) is 12.0 Å². The van der Waals surface area contributed by atoms with Gasteiger partial charge < -0.3 is 10.6 Å². The normalized spacial score (nSPS) is 12.0. The average molecular weight is 334 g/mol. The molecule has 0 radical (unpaired) electrons. The smallest absolute Gasteiger partial charge is 0.313 e. The van der Waals surface area contributed by atoms with Gasteiger partial charge in [0.1, 0.15) is 5.82 Å². The van der Waals surface area contributed by atoms with Gasteiger partial charge in [0, 0.05) is 10.6 Å². The fraction of sp³-hybridized carbons (Fsp3) is 0.294. The molecule has 2 amide bonds. The number of aryl methyl sites for hydroxylation is 1. The lowest BCUT2D eigenvalue weighted by Crippen LogP contribution is -2.39. The van der Waals surface area contributed by atoms with Crippen molar-refractivity contribution in [3.05, 3.63) is 52.0 Å². The van der Waals surface area contributed by atoms with Gasteiger partial charge in [0.15, 0.2) is 0 Å². The van der Waals surface area contributed by atoms with E-state index in [2.05, 4.69) is 10.6 Å². The molecule has 1 aromatic heterocycles. The molecule has 0 bridgehead atoms.